The number of hydrogen-bond acceptors (Lipinski definition) is 2. The van der Waals surface area contributed by atoms with E-state index in [4.69, 9.17) is 0 Å². The Balaban J connectivity index is 1.78. The molecule has 0 unspecified atom stereocenters. The summed E-state index contributed by atoms with van der Waals surface area (Å²) in [5, 5.41) is 7.12. The second kappa shape index (κ2) is 7.67. The highest BCUT2D eigenvalue weighted by Crippen LogP contribution is 2.24. The minimum absolute atomic E-state index is 0.0810. The zero-order valence-electron chi connectivity index (χ0n) is 15.6. The van der Waals surface area contributed by atoms with Crippen LogP contribution < -0.4 is 5.32 Å². The van der Waals surface area contributed by atoms with Gasteiger partial charge in [-0.25, -0.2) is 13.5 Å². The molecule has 0 spiro atoms. The van der Waals surface area contributed by atoms with Gasteiger partial charge >= 0.3 is 0 Å². The van der Waals surface area contributed by atoms with Crippen LogP contribution in [0, 0.1) is 18.6 Å². The van der Waals surface area contributed by atoms with Crippen LogP contribution in [0.15, 0.2) is 78.9 Å². The quantitative estimate of drug-likeness (QED) is 0.509. The third-order valence-corrected chi connectivity index (χ3v) is 4.48. The smallest absolute Gasteiger partial charge is 0.274 e. The summed E-state index contributed by atoms with van der Waals surface area (Å²) in [6.07, 6.45) is 0. The van der Waals surface area contributed by atoms with E-state index in [9.17, 15) is 13.6 Å². The summed E-state index contributed by atoms with van der Waals surface area (Å²) in [6, 6.07) is 20.9. The first-order valence-corrected chi connectivity index (χ1v) is 9.00. The van der Waals surface area contributed by atoms with Crippen molar-refractivity contribution in [2.45, 2.75) is 6.92 Å². The molecule has 1 amide bonds. The molecule has 6 heteroatoms. The molecule has 3 aromatic carbocycles. The highest BCUT2D eigenvalue weighted by Gasteiger charge is 2.19. The number of nitrogens with zero attached hydrogens (tertiary/aromatic N) is 2. The van der Waals surface area contributed by atoms with Gasteiger partial charge in [0.1, 0.15) is 17.3 Å². The lowest BCUT2D eigenvalue weighted by molar-refractivity contribution is 0.101. The van der Waals surface area contributed by atoms with E-state index in [1.165, 1.54) is 28.9 Å². The van der Waals surface area contributed by atoms with Crippen LogP contribution in [-0.2, 0) is 0 Å². The Bertz CT molecular complexity index is 1170. The number of carbonyl (C=O) groups is 1. The predicted molar refractivity (Wildman–Crippen MR) is 108 cm³/mol. The van der Waals surface area contributed by atoms with Crippen molar-refractivity contribution >= 4 is 11.6 Å². The second-order valence-electron chi connectivity index (χ2n) is 6.60. The summed E-state index contributed by atoms with van der Waals surface area (Å²) in [6.45, 7) is 1.96. The lowest BCUT2D eigenvalue weighted by Crippen LogP contribution is -2.17. The Hall–Kier alpha value is -3.80. The zero-order valence-corrected chi connectivity index (χ0v) is 15.6. The van der Waals surface area contributed by atoms with E-state index in [2.05, 4.69) is 10.4 Å². The summed E-state index contributed by atoms with van der Waals surface area (Å²) in [4.78, 5) is 12.9. The molecule has 0 fully saturated rings. The van der Waals surface area contributed by atoms with Gasteiger partial charge in [-0.2, -0.15) is 5.10 Å². The molecule has 0 aliphatic heterocycles. The molecule has 1 N–H and O–H groups in total. The van der Waals surface area contributed by atoms with Gasteiger partial charge in [0, 0.05) is 5.56 Å². The number of aromatic nitrogens is 2. The summed E-state index contributed by atoms with van der Waals surface area (Å²) >= 11 is 0. The van der Waals surface area contributed by atoms with Crippen molar-refractivity contribution in [1.29, 1.82) is 0 Å². The van der Waals surface area contributed by atoms with E-state index in [1.54, 1.807) is 30.3 Å². The molecule has 1 heterocycles. The van der Waals surface area contributed by atoms with Gasteiger partial charge < -0.3 is 5.32 Å². The summed E-state index contributed by atoms with van der Waals surface area (Å²) in [7, 11) is 0. The fourth-order valence-corrected chi connectivity index (χ4v) is 2.94. The highest BCUT2D eigenvalue weighted by molar-refractivity contribution is 6.04. The Morgan fingerprint density at radius 2 is 1.62 bits per heavy atom. The number of halogens is 2. The fourth-order valence-electron chi connectivity index (χ4n) is 2.94. The normalized spacial score (nSPS) is 10.7. The standard InChI is InChI=1S/C23H17F2N3O/c1-15-6-12-18(13-7-15)28-22(23(29)26-20-5-3-2-4-19(20)25)14-21(27-28)16-8-10-17(24)11-9-16/h2-14H,1H3,(H,26,29). The Morgan fingerprint density at radius 1 is 0.931 bits per heavy atom. The fraction of sp³-hybridized carbons (Fsp3) is 0.0435. The van der Waals surface area contributed by atoms with E-state index < -0.39 is 11.7 Å². The number of carbonyl (C=O) groups excluding carboxylic acids is 1. The first-order chi connectivity index (χ1) is 14.0. The molecule has 0 aliphatic rings. The largest absolute Gasteiger partial charge is 0.318 e. The molecule has 1 aromatic heterocycles. The SMILES string of the molecule is Cc1ccc(-n2nc(-c3ccc(F)cc3)cc2C(=O)Nc2ccccc2F)cc1. The summed E-state index contributed by atoms with van der Waals surface area (Å²) in [5.41, 5.74) is 3.23. The van der Waals surface area contributed by atoms with Gasteiger partial charge in [0.15, 0.2) is 0 Å². The van der Waals surface area contributed by atoms with Crippen LogP contribution in [0.1, 0.15) is 16.1 Å². The number of anilines is 1. The van der Waals surface area contributed by atoms with Crippen LogP contribution in [0.25, 0.3) is 16.9 Å². The molecule has 0 saturated carbocycles. The number of rotatable bonds is 4. The van der Waals surface area contributed by atoms with Crippen LogP contribution in [-0.4, -0.2) is 15.7 Å². The average molecular weight is 389 g/mol. The molecular formula is C23H17F2N3O. The number of amides is 1. The Kier molecular flexibility index (Phi) is 4.91. The van der Waals surface area contributed by atoms with Crippen molar-refractivity contribution < 1.29 is 13.6 Å². The van der Waals surface area contributed by atoms with Gasteiger partial charge in [-0.05, 0) is 61.5 Å². The predicted octanol–water partition coefficient (Wildman–Crippen LogP) is 5.38. The first-order valence-electron chi connectivity index (χ1n) is 9.00. The van der Waals surface area contributed by atoms with Gasteiger partial charge in [-0.15, -0.1) is 0 Å². The lowest BCUT2D eigenvalue weighted by Gasteiger charge is -2.09. The first kappa shape index (κ1) is 18.6. The third-order valence-electron chi connectivity index (χ3n) is 4.48. The molecule has 0 bridgehead atoms. The maximum atomic E-state index is 14.0. The average Bonchev–Trinajstić information content (AvgIpc) is 3.16. The van der Waals surface area contributed by atoms with Crippen LogP contribution in [0.2, 0.25) is 0 Å². The molecule has 0 aliphatic carbocycles. The van der Waals surface area contributed by atoms with Crippen molar-refractivity contribution in [3.63, 3.8) is 0 Å². The van der Waals surface area contributed by atoms with Gasteiger partial charge in [0.25, 0.3) is 5.91 Å². The molecule has 4 rings (SSSR count). The molecule has 144 valence electrons. The van der Waals surface area contributed by atoms with Crippen molar-refractivity contribution in [3.8, 4) is 16.9 Å². The number of para-hydroxylation sites is 1. The van der Waals surface area contributed by atoms with E-state index in [0.717, 1.165) is 5.56 Å². The minimum Gasteiger partial charge on any atom is -0.318 e. The lowest BCUT2D eigenvalue weighted by atomic mass is 10.1. The molecule has 0 atom stereocenters. The second-order valence-corrected chi connectivity index (χ2v) is 6.60. The zero-order chi connectivity index (χ0) is 20.4. The monoisotopic (exact) mass is 389 g/mol. The van der Waals surface area contributed by atoms with Gasteiger partial charge in [-0.3, -0.25) is 4.79 Å². The highest BCUT2D eigenvalue weighted by atomic mass is 19.1. The molecule has 0 saturated heterocycles. The number of aryl methyl sites for hydroxylation is 1. The van der Waals surface area contributed by atoms with E-state index in [0.29, 0.717) is 16.9 Å². The van der Waals surface area contributed by atoms with Crippen LogP contribution in [0.4, 0.5) is 14.5 Å². The third kappa shape index (κ3) is 3.91. The van der Waals surface area contributed by atoms with E-state index in [-0.39, 0.29) is 17.2 Å². The van der Waals surface area contributed by atoms with Crippen molar-refractivity contribution in [1.82, 2.24) is 9.78 Å². The van der Waals surface area contributed by atoms with Gasteiger partial charge in [-0.1, -0.05) is 29.8 Å². The van der Waals surface area contributed by atoms with Gasteiger partial charge in [0.2, 0.25) is 0 Å². The maximum absolute atomic E-state index is 14.0. The molecule has 4 aromatic rings. The summed E-state index contributed by atoms with van der Waals surface area (Å²) in [5.74, 6) is -1.39. The topological polar surface area (TPSA) is 46.9 Å². The summed E-state index contributed by atoms with van der Waals surface area (Å²) < 4.78 is 28.7. The molecular weight excluding hydrogens is 372 g/mol. The minimum atomic E-state index is -0.527. The van der Waals surface area contributed by atoms with E-state index in [1.807, 2.05) is 31.2 Å². The van der Waals surface area contributed by atoms with Crippen molar-refractivity contribution in [3.05, 3.63) is 102 Å². The van der Waals surface area contributed by atoms with Crippen molar-refractivity contribution in [2.24, 2.45) is 0 Å². The van der Waals surface area contributed by atoms with Crippen LogP contribution in [0.5, 0.6) is 0 Å². The van der Waals surface area contributed by atoms with E-state index >= 15 is 0 Å². The Labute approximate surface area is 166 Å². The van der Waals surface area contributed by atoms with Crippen LogP contribution in [0.3, 0.4) is 0 Å². The molecule has 4 nitrogen and oxygen atoms in total. The Morgan fingerprint density at radius 3 is 2.31 bits per heavy atom. The number of nitrogens with one attached hydrogen (secondary N) is 1. The number of hydrogen-bond donors (Lipinski definition) is 1. The van der Waals surface area contributed by atoms with Crippen molar-refractivity contribution in [2.75, 3.05) is 5.32 Å². The van der Waals surface area contributed by atoms with Crippen LogP contribution >= 0.6 is 0 Å². The van der Waals surface area contributed by atoms with Gasteiger partial charge in [0.05, 0.1) is 17.1 Å². The number of benzene rings is 3. The maximum Gasteiger partial charge on any atom is 0.274 e. The molecule has 0 radical (unpaired) electrons. The molecule has 29 heavy (non-hydrogen) atoms.